The number of halogens is 3. The molecule has 5 N–H and O–H groups in total. The van der Waals surface area contributed by atoms with Crippen molar-refractivity contribution in [3.8, 4) is 0 Å². The van der Waals surface area contributed by atoms with Gasteiger partial charge in [0.1, 0.15) is 0 Å². The molecule has 0 saturated heterocycles. The average molecular weight is 232 g/mol. The van der Waals surface area contributed by atoms with Crippen LogP contribution < -0.4 is 17.0 Å². The highest BCUT2D eigenvalue weighted by Gasteiger charge is 2.30. The summed E-state index contributed by atoms with van der Waals surface area (Å²) in [4.78, 5) is 3.71. The van der Waals surface area contributed by atoms with E-state index >= 15 is 0 Å². The second-order valence-electron chi connectivity index (χ2n) is 3.14. The van der Waals surface area contributed by atoms with Crippen LogP contribution in [-0.2, 0) is 6.18 Å². The van der Waals surface area contributed by atoms with E-state index in [0.29, 0.717) is 5.56 Å². The van der Waals surface area contributed by atoms with Gasteiger partial charge in [0, 0.05) is 0 Å². The molecule has 0 radical (unpaired) electrons. The fraction of sp³-hybridized carbons (Fsp3) is 0.222. The first-order chi connectivity index (χ1) is 7.34. The van der Waals surface area contributed by atoms with Gasteiger partial charge >= 0.3 is 6.18 Å². The summed E-state index contributed by atoms with van der Waals surface area (Å²) in [5, 5.41) is 0. The van der Waals surface area contributed by atoms with Crippen LogP contribution in [0.5, 0.6) is 0 Å². The first kappa shape index (κ1) is 12.3. The number of alkyl halides is 3. The number of hydrazine groups is 1. The maximum absolute atomic E-state index is 12.4. The van der Waals surface area contributed by atoms with Crippen molar-refractivity contribution in [2.24, 2.45) is 16.6 Å². The molecule has 0 aliphatic rings. The van der Waals surface area contributed by atoms with Crippen LogP contribution in [-0.4, -0.2) is 5.96 Å². The minimum Gasteiger partial charge on any atom is -0.369 e. The van der Waals surface area contributed by atoms with Crippen molar-refractivity contribution in [2.45, 2.75) is 13.1 Å². The largest absolute Gasteiger partial charge is 0.416 e. The van der Waals surface area contributed by atoms with Crippen molar-refractivity contribution in [3.63, 3.8) is 0 Å². The smallest absolute Gasteiger partial charge is 0.369 e. The molecule has 0 atom stereocenters. The van der Waals surface area contributed by atoms with Gasteiger partial charge in [-0.3, -0.25) is 5.43 Å². The van der Waals surface area contributed by atoms with E-state index < -0.39 is 11.7 Å². The van der Waals surface area contributed by atoms with E-state index in [9.17, 15) is 13.2 Å². The Balaban J connectivity index is 3.19. The van der Waals surface area contributed by atoms with Crippen molar-refractivity contribution >= 4 is 11.6 Å². The average Bonchev–Trinajstić information content (AvgIpc) is 2.19. The van der Waals surface area contributed by atoms with Crippen LogP contribution in [0, 0.1) is 6.92 Å². The molecule has 7 heteroatoms. The molecular weight excluding hydrogens is 221 g/mol. The summed E-state index contributed by atoms with van der Waals surface area (Å²) in [6.45, 7) is 1.63. The Kier molecular flexibility index (Phi) is 3.38. The number of rotatable bonds is 1. The zero-order chi connectivity index (χ0) is 12.3. The zero-order valence-corrected chi connectivity index (χ0v) is 8.47. The molecule has 0 aromatic heterocycles. The van der Waals surface area contributed by atoms with Gasteiger partial charge in [-0.25, -0.2) is 10.8 Å². The summed E-state index contributed by atoms with van der Waals surface area (Å²) >= 11 is 0. The molecule has 0 aliphatic heterocycles. The second kappa shape index (κ2) is 4.40. The lowest BCUT2D eigenvalue weighted by molar-refractivity contribution is -0.137. The van der Waals surface area contributed by atoms with Gasteiger partial charge in [0.25, 0.3) is 0 Å². The molecule has 0 spiro atoms. The lowest BCUT2D eigenvalue weighted by Gasteiger charge is -2.09. The van der Waals surface area contributed by atoms with Gasteiger partial charge in [-0.1, -0.05) is 6.07 Å². The molecule has 0 aliphatic carbocycles. The van der Waals surface area contributed by atoms with E-state index in [1.807, 2.05) is 5.43 Å². The highest BCUT2D eigenvalue weighted by molar-refractivity contribution is 5.80. The van der Waals surface area contributed by atoms with Gasteiger partial charge in [-0.15, -0.1) is 0 Å². The van der Waals surface area contributed by atoms with Gasteiger partial charge in [0.05, 0.1) is 11.3 Å². The van der Waals surface area contributed by atoms with Crippen LogP contribution in [0.25, 0.3) is 0 Å². The third kappa shape index (κ3) is 2.86. The maximum Gasteiger partial charge on any atom is 0.416 e. The fourth-order valence-electron chi connectivity index (χ4n) is 1.07. The molecule has 16 heavy (non-hydrogen) atoms. The van der Waals surface area contributed by atoms with Crippen molar-refractivity contribution in [2.75, 3.05) is 0 Å². The summed E-state index contributed by atoms with van der Waals surface area (Å²) in [7, 11) is 0. The summed E-state index contributed by atoms with van der Waals surface area (Å²) in [6, 6.07) is 3.23. The van der Waals surface area contributed by atoms with Gasteiger partial charge < -0.3 is 5.73 Å². The van der Waals surface area contributed by atoms with E-state index in [0.717, 1.165) is 12.1 Å². The number of nitrogens with one attached hydrogen (secondary N) is 1. The van der Waals surface area contributed by atoms with Gasteiger partial charge in [-0.2, -0.15) is 13.2 Å². The number of benzene rings is 1. The minimum absolute atomic E-state index is 0.130. The van der Waals surface area contributed by atoms with Crippen LogP contribution in [0.15, 0.2) is 23.2 Å². The molecule has 4 nitrogen and oxygen atoms in total. The van der Waals surface area contributed by atoms with Crippen molar-refractivity contribution in [1.29, 1.82) is 0 Å². The summed E-state index contributed by atoms with van der Waals surface area (Å²) in [6.07, 6.45) is -4.40. The van der Waals surface area contributed by atoms with E-state index in [4.69, 9.17) is 11.6 Å². The molecule has 0 saturated carbocycles. The Morgan fingerprint density at radius 1 is 1.38 bits per heavy atom. The maximum atomic E-state index is 12.4. The van der Waals surface area contributed by atoms with E-state index in [2.05, 4.69) is 4.99 Å². The topological polar surface area (TPSA) is 76.4 Å². The Bertz CT molecular complexity index is 412. The number of guanidine groups is 1. The molecule has 0 amide bonds. The van der Waals surface area contributed by atoms with E-state index in [-0.39, 0.29) is 11.6 Å². The second-order valence-corrected chi connectivity index (χ2v) is 3.14. The first-order valence-electron chi connectivity index (χ1n) is 4.33. The van der Waals surface area contributed by atoms with Crippen LogP contribution in [0.3, 0.4) is 0 Å². The highest BCUT2D eigenvalue weighted by atomic mass is 19.4. The van der Waals surface area contributed by atoms with Gasteiger partial charge in [0.2, 0.25) is 5.96 Å². The Morgan fingerprint density at radius 2 is 2.00 bits per heavy atom. The van der Waals surface area contributed by atoms with Crippen LogP contribution in [0.2, 0.25) is 0 Å². The van der Waals surface area contributed by atoms with Crippen molar-refractivity contribution in [1.82, 2.24) is 5.43 Å². The molecule has 1 rings (SSSR count). The fourth-order valence-corrected chi connectivity index (χ4v) is 1.07. The van der Waals surface area contributed by atoms with Crippen LogP contribution in [0.4, 0.5) is 18.9 Å². The van der Waals surface area contributed by atoms with E-state index in [1.165, 1.54) is 6.07 Å². The molecular formula is C9H11F3N4. The number of hydrogen-bond acceptors (Lipinski definition) is 2. The Labute approximate surface area is 90.1 Å². The summed E-state index contributed by atoms with van der Waals surface area (Å²) < 4.78 is 37.2. The number of aliphatic imine (C=N–C) groups is 1. The Hall–Kier alpha value is -1.76. The monoisotopic (exact) mass is 232 g/mol. The lowest BCUT2D eigenvalue weighted by atomic mass is 10.1. The Morgan fingerprint density at radius 3 is 2.50 bits per heavy atom. The first-order valence-corrected chi connectivity index (χ1v) is 4.33. The third-order valence-electron chi connectivity index (χ3n) is 1.93. The predicted octanol–water partition coefficient (Wildman–Crippen LogP) is 1.42. The zero-order valence-electron chi connectivity index (χ0n) is 8.47. The summed E-state index contributed by atoms with van der Waals surface area (Å²) in [5.41, 5.74) is 7.24. The quantitative estimate of drug-likeness (QED) is 0.296. The lowest BCUT2D eigenvalue weighted by Crippen LogP contribution is -2.36. The SMILES string of the molecule is Cc1ccc(C(F)(F)F)cc1N=C(N)NN. The number of aryl methyl sites for hydroxylation is 1. The van der Waals surface area contributed by atoms with Crippen LogP contribution in [0.1, 0.15) is 11.1 Å². The molecule has 0 bridgehead atoms. The molecule has 1 aromatic carbocycles. The van der Waals surface area contributed by atoms with Gasteiger partial charge in [-0.05, 0) is 24.6 Å². The molecule has 1 aromatic rings. The third-order valence-corrected chi connectivity index (χ3v) is 1.93. The highest BCUT2D eigenvalue weighted by Crippen LogP contribution is 2.32. The van der Waals surface area contributed by atoms with E-state index in [1.54, 1.807) is 6.92 Å². The predicted molar refractivity (Wildman–Crippen MR) is 54.8 cm³/mol. The molecule has 88 valence electrons. The van der Waals surface area contributed by atoms with Crippen molar-refractivity contribution < 1.29 is 13.2 Å². The number of nitrogens with two attached hydrogens (primary N) is 2. The summed E-state index contributed by atoms with van der Waals surface area (Å²) in [5.74, 6) is 4.82. The normalized spacial score (nSPS) is 12.7. The minimum atomic E-state index is -4.40. The molecule has 0 unspecified atom stereocenters. The number of hydrogen-bond donors (Lipinski definition) is 3. The van der Waals surface area contributed by atoms with Crippen LogP contribution >= 0.6 is 0 Å². The van der Waals surface area contributed by atoms with Crippen molar-refractivity contribution in [3.05, 3.63) is 29.3 Å². The molecule has 0 heterocycles. The van der Waals surface area contributed by atoms with Gasteiger partial charge in [0.15, 0.2) is 0 Å². The standard InChI is InChI=1S/C9H11F3N4/c1-5-2-3-6(9(10,11)12)4-7(5)15-8(13)16-14/h2-4H,14H2,1H3,(H3,13,15,16). The number of nitrogens with zero attached hydrogens (tertiary/aromatic N) is 1. The molecule has 0 fully saturated rings.